The lowest BCUT2D eigenvalue weighted by molar-refractivity contribution is 0.143. The summed E-state index contributed by atoms with van der Waals surface area (Å²) >= 11 is 0. The largest absolute Gasteiger partial charge is 0.496 e. The van der Waals surface area contributed by atoms with E-state index < -0.39 is 0 Å². The standard InChI is InChI=1S/C14H15NO2/c1-3-13(15-16)12-9-8-10-6-4-5-7-11(10)14(12)17-2/h3-9,13,15-16H,1H2,2H3. The summed E-state index contributed by atoms with van der Waals surface area (Å²) in [6.45, 7) is 3.69. The molecule has 0 aliphatic carbocycles. The van der Waals surface area contributed by atoms with E-state index in [4.69, 9.17) is 9.94 Å². The predicted molar refractivity (Wildman–Crippen MR) is 68.4 cm³/mol. The minimum Gasteiger partial charge on any atom is -0.496 e. The van der Waals surface area contributed by atoms with E-state index in [2.05, 4.69) is 12.1 Å². The second-order valence-corrected chi connectivity index (χ2v) is 3.75. The van der Waals surface area contributed by atoms with Gasteiger partial charge in [-0.1, -0.05) is 42.5 Å². The number of methoxy groups -OCH3 is 1. The van der Waals surface area contributed by atoms with Crippen LogP contribution in [0.15, 0.2) is 49.1 Å². The highest BCUT2D eigenvalue weighted by atomic mass is 16.5. The highest BCUT2D eigenvalue weighted by Crippen LogP contribution is 2.33. The number of nitrogens with one attached hydrogen (secondary N) is 1. The van der Waals surface area contributed by atoms with Gasteiger partial charge in [0.05, 0.1) is 13.2 Å². The van der Waals surface area contributed by atoms with E-state index >= 15 is 0 Å². The Hall–Kier alpha value is -1.84. The summed E-state index contributed by atoms with van der Waals surface area (Å²) in [6.07, 6.45) is 1.63. The Balaban J connectivity index is 2.68. The molecule has 0 aromatic heterocycles. The first-order chi connectivity index (χ1) is 8.31. The van der Waals surface area contributed by atoms with E-state index in [0.29, 0.717) is 0 Å². The summed E-state index contributed by atoms with van der Waals surface area (Å²) in [5.74, 6) is 0.759. The number of ether oxygens (including phenoxy) is 1. The molecule has 0 spiro atoms. The Labute approximate surface area is 100 Å². The van der Waals surface area contributed by atoms with Crippen molar-refractivity contribution in [1.82, 2.24) is 5.48 Å². The Morgan fingerprint density at radius 2 is 2.06 bits per heavy atom. The predicted octanol–water partition coefficient (Wildman–Crippen LogP) is 3.05. The quantitative estimate of drug-likeness (QED) is 0.625. The molecule has 17 heavy (non-hydrogen) atoms. The van der Waals surface area contributed by atoms with Gasteiger partial charge in [0.2, 0.25) is 0 Å². The van der Waals surface area contributed by atoms with Gasteiger partial charge in [-0.2, -0.15) is 5.48 Å². The first kappa shape index (κ1) is 11.6. The van der Waals surface area contributed by atoms with Crippen LogP contribution in [0.4, 0.5) is 0 Å². The van der Waals surface area contributed by atoms with Gasteiger partial charge < -0.3 is 9.94 Å². The van der Waals surface area contributed by atoms with Crippen molar-refractivity contribution in [2.75, 3.05) is 7.11 Å². The average molecular weight is 229 g/mol. The fourth-order valence-electron chi connectivity index (χ4n) is 1.98. The van der Waals surface area contributed by atoms with Crippen LogP contribution in [0.25, 0.3) is 10.8 Å². The van der Waals surface area contributed by atoms with Crippen LogP contribution < -0.4 is 10.2 Å². The molecule has 3 heteroatoms. The molecule has 0 amide bonds. The van der Waals surface area contributed by atoms with Crippen molar-refractivity contribution >= 4 is 10.8 Å². The van der Waals surface area contributed by atoms with Crippen LogP contribution in [-0.4, -0.2) is 12.3 Å². The van der Waals surface area contributed by atoms with E-state index in [1.807, 2.05) is 36.4 Å². The molecule has 0 aliphatic rings. The Kier molecular flexibility index (Phi) is 3.42. The molecule has 3 nitrogen and oxygen atoms in total. The molecule has 0 saturated carbocycles. The van der Waals surface area contributed by atoms with E-state index in [9.17, 15) is 0 Å². The molecular weight excluding hydrogens is 214 g/mol. The SMILES string of the molecule is C=CC(NO)c1ccc2ccccc2c1OC. The van der Waals surface area contributed by atoms with E-state index in [0.717, 1.165) is 22.1 Å². The second-order valence-electron chi connectivity index (χ2n) is 3.75. The highest BCUT2D eigenvalue weighted by Gasteiger charge is 2.14. The van der Waals surface area contributed by atoms with Crippen LogP contribution in [0.5, 0.6) is 5.75 Å². The van der Waals surface area contributed by atoms with Crippen molar-refractivity contribution in [3.05, 3.63) is 54.6 Å². The van der Waals surface area contributed by atoms with Gasteiger partial charge in [-0.05, 0) is 5.39 Å². The smallest absolute Gasteiger partial charge is 0.131 e. The van der Waals surface area contributed by atoms with Crippen molar-refractivity contribution < 1.29 is 9.94 Å². The van der Waals surface area contributed by atoms with Gasteiger partial charge in [-0.3, -0.25) is 0 Å². The number of fused-ring (bicyclic) bond motifs is 1. The molecule has 0 bridgehead atoms. The zero-order chi connectivity index (χ0) is 12.3. The fourth-order valence-corrected chi connectivity index (χ4v) is 1.98. The van der Waals surface area contributed by atoms with Crippen LogP contribution in [0, 0.1) is 0 Å². The zero-order valence-electron chi connectivity index (χ0n) is 9.68. The molecule has 2 rings (SSSR count). The van der Waals surface area contributed by atoms with E-state index in [1.54, 1.807) is 13.2 Å². The summed E-state index contributed by atoms with van der Waals surface area (Å²) in [7, 11) is 1.63. The lowest BCUT2D eigenvalue weighted by atomic mass is 10.0. The number of rotatable bonds is 4. The van der Waals surface area contributed by atoms with Crippen LogP contribution >= 0.6 is 0 Å². The second kappa shape index (κ2) is 4.99. The van der Waals surface area contributed by atoms with Crippen LogP contribution in [0.3, 0.4) is 0 Å². The monoisotopic (exact) mass is 229 g/mol. The molecule has 2 aromatic carbocycles. The summed E-state index contributed by atoms with van der Waals surface area (Å²) < 4.78 is 5.44. The van der Waals surface area contributed by atoms with Gasteiger partial charge in [0.1, 0.15) is 5.75 Å². The third-order valence-electron chi connectivity index (χ3n) is 2.82. The topological polar surface area (TPSA) is 41.5 Å². The van der Waals surface area contributed by atoms with Gasteiger partial charge in [-0.25, -0.2) is 0 Å². The molecule has 1 unspecified atom stereocenters. The van der Waals surface area contributed by atoms with Crippen LogP contribution in [0.1, 0.15) is 11.6 Å². The van der Waals surface area contributed by atoms with Crippen LogP contribution in [0.2, 0.25) is 0 Å². The number of benzene rings is 2. The Morgan fingerprint density at radius 3 is 2.71 bits per heavy atom. The maximum atomic E-state index is 9.09. The van der Waals surface area contributed by atoms with Crippen LogP contribution in [-0.2, 0) is 0 Å². The molecule has 0 fully saturated rings. The van der Waals surface area contributed by atoms with Crippen molar-refractivity contribution in [3.8, 4) is 5.75 Å². The average Bonchev–Trinajstić information content (AvgIpc) is 2.39. The van der Waals surface area contributed by atoms with Gasteiger partial charge in [0.15, 0.2) is 0 Å². The first-order valence-corrected chi connectivity index (χ1v) is 5.39. The van der Waals surface area contributed by atoms with Gasteiger partial charge in [0.25, 0.3) is 0 Å². The van der Waals surface area contributed by atoms with Crippen molar-refractivity contribution in [2.45, 2.75) is 6.04 Å². The molecule has 0 heterocycles. The highest BCUT2D eigenvalue weighted by molar-refractivity contribution is 5.89. The lowest BCUT2D eigenvalue weighted by Gasteiger charge is -2.16. The normalized spacial score (nSPS) is 12.4. The fraction of sp³-hybridized carbons (Fsp3) is 0.143. The molecule has 2 aromatic rings. The zero-order valence-corrected chi connectivity index (χ0v) is 9.68. The van der Waals surface area contributed by atoms with Gasteiger partial charge in [-0.15, -0.1) is 6.58 Å². The minimum absolute atomic E-state index is 0.338. The Morgan fingerprint density at radius 1 is 1.29 bits per heavy atom. The van der Waals surface area contributed by atoms with Gasteiger partial charge >= 0.3 is 0 Å². The molecule has 2 N–H and O–H groups in total. The van der Waals surface area contributed by atoms with Crippen molar-refractivity contribution in [1.29, 1.82) is 0 Å². The number of hydroxylamine groups is 1. The summed E-state index contributed by atoms with van der Waals surface area (Å²) in [5, 5.41) is 11.2. The summed E-state index contributed by atoms with van der Waals surface area (Å²) in [5.41, 5.74) is 3.07. The molecule has 0 aliphatic heterocycles. The van der Waals surface area contributed by atoms with Gasteiger partial charge in [0, 0.05) is 10.9 Å². The summed E-state index contributed by atoms with van der Waals surface area (Å²) in [6, 6.07) is 11.6. The molecule has 0 radical (unpaired) electrons. The lowest BCUT2D eigenvalue weighted by Crippen LogP contribution is -2.15. The molecule has 1 atom stereocenters. The third-order valence-corrected chi connectivity index (χ3v) is 2.82. The maximum absolute atomic E-state index is 9.09. The number of hydrogen-bond donors (Lipinski definition) is 2. The first-order valence-electron chi connectivity index (χ1n) is 5.39. The molecule has 0 saturated heterocycles. The third kappa shape index (κ3) is 2.02. The van der Waals surface area contributed by atoms with Crippen molar-refractivity contribution in [3.63, 3.8) is 0 Å². The molecular formula is C14H15NO2. The Bertz CT molecular complexity index is 537. The maximum Gasteiger partial charge on any atom is 0.131 e. The number of hydrogen-bond acceptors (Lipinski definition) is 3. The minimum atomic E-state index is -0.338. The van der Waals surface area contributed by atoms with E-state index in [1.165, 1.54) is 0 Å². The van der Waals surface area contributed by atoms with E-state index in [-0.39, 0.29) is 6.04 Å². The molecule has 88 valence electrons. The summed E-state index contributed by atoms with van der Waals surface area (Å²) in [4.78, 5) is 0. The van der Waals surface area contributed by atoms with Crippen molar-refractivity contribution in [2.24, 2.45) is 0 Å².